The lowest BCUT2D eigenvalue weighted by atomic mass is 10.0. The molecule has 0 saturated carbocycles. The maximum absolute atomic E-state index is 11.8. The minimum atomic E-state index is -0.941. The Morgan fingerprint density at radius 3 is 2.55 bits per heavy atom. The van der Waals surface area contributed by atoms with Crippen molar-refractivity contribution in [2.24, 2.45) is 5.92 Å². The molecule has 0 spiro atoms. The first-order valence-electron chi connectivity index (χ1n) is 7.07. The van der Waals surface area contributed by atoms with E-state index in [1.54, 1.807) is 0 Å². The summed E-state index contributed by atoms with van der Waals surface area (Å²) in [4.78, 5) is 25.0. The van der Waals surface area contributed by atoms with E-state index in [0.717, 1.165) is 19.6 Å². The normalized spacial score (nSPS) is 23.6. The van der Waals surface area contributed by atoms with E-state index in [2.05, 4.69) is 29.4 Å². The molecule has 0 bridgehead atoms. The molecule has 0 aromatic heterocycles. The number of hydrogen-bond acceptors (Lipinski definition) is 4. The fraction of sp³-hybridized carbons (Fsp3) is 0.846. The molecule has 1 saturated heterocycles. The summed E-state index contributed by atoms with van der Waals surface area (Å²) in [6, 6.07) is -0.806. The first kappa shape index (κ1) is 16.7. The Hall–Kier alpha value is -1.34. The zero-order valence-corrected chi connectivity index (χ0v) is 12.4. The summed E-state index contributed by atoms with van der Waals surface area (Å²) < 4.78 is 5.10. The zero-order chi connectivity index (χ0) is 15.1. The highest BCUT2D eigenvalue weighted by atomic mass is 16.5. The largest absolute Gasteiger partial charge is 0.481 e. The van der Waals surface area contributed by atoms with Crippen molar-refractivity contribution in [3.63, 3.8) is 0 Å². The van der Waals surface area contributed by atoms with Gasteiger partial charge in [0.25, 0.3) is 0 Å². The number of carboxylic acid groups (broad SMARTS) is 1. The second-order valence-corrected chi connectivity index (χ2v) is 5.09. The summed E-state index contributed by atoms with van der Waals surface area (Å²) in [7, 11) is 0. The number of rotatable bonds is 7. The molecule has 0 aromatic rings. The molecule has 0 aliphatic carbocycles. The Kier molecular flexibility index (Phi) is 6.74. The van der Waals surface area contributed by atoms with Gasteiger partial charge in [-0.3, -0.25) is 4.79 Å². The third-order valence-corrected chi connectivity index (χ3v) is 3.52. The molecule has 1 rings (SSSR count). The van der Waals surface area contributed by atoms with Crippen LogP contribution < -0.4 is 10.6 Å². The smallest absolute Gasteiger partial charge is 0.315 e. The molecule has 2 amide bonds. The number of likely N-dealkylation sites (N-methyl/N-ethyl adjacent to an activating group) is 1. The fourth-order valence-electron chi connectivity index (χ4n) is 2.29. The van der Waals surface area contributed by atoms with Gasteiger partial charge in [-0.2, -0.15) is 0 Å². The average Bonchev–Trinajstić information content (AvgIpc) is 2.83. The van der Waals surface area contributed by atoms with Crippen molar-refractivity contribution in [2.45, 2.75) is 32.9 Å². The molecule has 20 heavy (non-hydrogen) atoms. The van der Waals surface area contributed by atoms with E-state index >= 15 is 0 Å². The Balaban J connectivity index is 2.37. The van der Waals surface area contributed by atoms with Gasteiger partial charge in [-0.15, -0.1) is 0 Å². The quantitative estimate of drug-likeness (QED) is 0.618. The van der Waals surface area contributed by atoms with Gasteiger partial charge in [-0.1, -0.05) is 13.8 Å². The first-order chi connectivity index (χ1) is 9.47. The zero-order valence-electron chi connectivity index (χ0n) is 12.4. The van der Waals surface area contributed by atoms with Crippen molar-refractivity contribution in [3.05, 3.63) is 0 Å². The summed E-state index contributed by atoms with van der Waals surface area (Å²) in [5.41, 5.74) is 0. The molecule has 1 aliphatic rings. The molecule has 0 radical (unpaired) electrons. The van der Waals surface area contributed by atoms with Gasteiger partial charge in [-0.05, 0) is 20.0 Å². The summed E-state index contributed by atoms with van der Waals surface area (Å²) in [6.45, 7) is 9.10. The maximum Gasteiger partial charge on any atom is 0.315 e. The Bertz CT molecular complexity index is 334. The lowest BCUT2D eigenvalue weighted by Gasteiger charge is -2.24. The van der Waals surface area contributed by atoms with E-state index in [4.69, 9.17) is 9.84 Å². The van der Waals surface area contributed by atoms with E-state index in [-0.39, 0.29) is 25.3 Å². The second kappa shape index (κ2) is 8.06. The van der Waals surface area contributed by atoms with E-state index < -0.39 is 17.9 Å². The molecular formula is C13H25N3O4. The molecule has 3 N–H and O–H groups in total. The van der Waals surface area contributed by atoms with Gasteiger partial charge < -0.3 is 25.4 Å². The van der Waals surface area contributed by atoms with Crippen LogP contribution in [0.3, 0.4) is 0 Å². The first-order valence-corrected chi connectivity index (χ1v) is 7.07. The lowest BCUT2D eigenvalue weighted by molar-refractivity contribution is -0.142. The van der Waals surface area contributed by atoms with E-state index in [1.165, 1.54) is 0 Å². The van der Waals surface area contributed by atoms with Crippen LogP contribution in [0.4, 0.5) is 4.79 Å². The van der Waals surface area contributed by atoms with Gasteiger partial charge in [-0.25, -0.2) is 4.79 Å². The van der Waals surface area contributed by atoms with Crippen molar-refractivity contribution in [1.29, 1.82) is 0 Å². The van der Waals surface area contributed by atoms with Gasteiger partial charge in [0.2, 0.25) is 0 Å². The van der Waals surface area contributed by atoms with Crippen molar-refractivity contribution in [2.75, 3.05) is 32.8 Å². The van der Waals surface area contributed by atoms with Crippen LogP contribution in [0.2, 0.25) is 0 Å². The van der Waals surface area contributed by atoms with Crippen LogP contribution >= 0.6 is 0 Å². The summed E-state index contributed by atoms with van der Waals surface area (Å²) >= 11 is 0. The third kappa shape index (κ3) is 4.97. The number of carbonyl (C=O) groups excluding carboxylic acids is 1. The number of aliphatic carboxylic acids is 1. The molecule has 3 atom stereocenters. The predicted octanol–water partition coefficient (Wildman–Crippen LogP) is 0.116. The topological polar surface area (TPSA) is 90.9 Å². The summed E-state index contributed by atoms with van der Waals surface area (Å²) in [5.74, 6) is -1.61. The predicted molar refractivity (Wildman–Crippen MR) is 74.7 cm³/mol. The number of nitrogens with zero attached hydrogens (tertiary/aromatic N) is 1. The van der Waals surface area contributed by atoms with E-state index in [1.807, 2.05) is 6.92 Å². The third-order valence-electron chi connectivity index (χ3n) is 3.52. The number of ether oxygens (including phenoxy) is 1. The van der Waals surface area contributed by atoms with E-state index in [0.29, 0.717) is 0 Å². The average molecular weight is 287 g/mol. The van der Waals surface area contributed by atoms with Crippen molar-refractivity contribution >= 4 is 12.0 Å². The summed E-state index contributed by atoms with van der Waals surface area (Å²) in [5, 5.41) is 14.5. The Morgan fingerprint density at radius 2 is 2.00 bits per heavy atom. The second-order valence-electron chi connectivity index (χ2n) is 5.09. The fourth-order valence-corrected chi connectivity index (χ4v) is 2.29. The van der Waals surface area contributed by atoms with Crippen LogP contribution in [-0.4, -0.2) is 66.9 Å². The number of hydrogen-bond donors (Lipinski definition) is 3. The molecular weight excluding hydrogens is 262 g/mol. The lowest BCUT2D eigenvalue weighted by Crippen LogP contribution is -2.51. The molecule has 116 valence electrons. The highest BCUT2D eigenvalue weighted by Crippen LogP contribution is 2.13. The monoisotopic (exact) mass is 287 g/mol. The standard InChI is InChI=1S/C13H25N3O4/c1-4-16(5-2)6-9(3)14-13(19)15-11-8-20-7-10(11)12(17)18/h9-11H,4-8H2,1-3H3,(H,17,18)(H2,14,15,19). The molecule has 0 aromatic carbocycles. The maximum atomic E-state index is 11.8. The molecule has 3 unspecified atom stereocenters. The van der Waals surface area contributed by atoms with Gasteiger partial charge in [0.05, 0.1) is 19.3 Å². The minimum absolute atomic E-state index is 0.000462. The Morgan fingerprint density at radius 1 is 1.35 bits per heavy atom. The number of amides is 2. The molecule has 7 heteroatoms. The van der Waals surface area contributed by atoms with Crippen LogP contribution in [0.25, 0.3) is 0 Å². The highest BCUT2D eigenvalue weighted by Gasteiger charge is 2.35. The highest BCUT2D eigenvalue weighted by molar-refractivity contribution is 5.77. The van der Waals surface area contributed by atoms with Gasteiger partial charge in [0.15, 0.2) is 0 Å². The van der Waals surface area contributed by atoms with Gasteiger partial charge in [0.1, 0.15) is 5.92 Å². The van der Waals surface area contributed by atoms with Crippen molar-refractivity contribution in [1.82, 2.24) is 15.5 Å². The number of carbonyl (C=O) groups is 2. The van der Waals surface area contributed by atoms with Gasteiger partial charge in [0, 0.05) is 12.6 Å². The summed E-state index contributed by atoms with van der Waals surface area (Å²) in [6.07, 6.45) is 0. The Labute approximate surface area is 119 Å². The van der Waals surface area contributed by atoms with E-state index in [9.17, 15) is 9.59 Å². The van der Waals surface area contributed by atoms with Crippen LogP contribution in [-0.2, 0) is 9.53 Å². The van der Waals surface area contributed by atoms with Crippen molar-refractivity contribution in [3.8, 4) is 0 Å². The van der Waals surface area contributed by atoms with Crippen LogP contribution in [0.1, 0.15) is 20.8 Å². The minimum Gasteiger partial charge on any atom is -0.481 e. The molecule has 1 aliphatic heterocycles. The van der Waals surface area contributed by atoms with Gasteiger partial charge >= 0.3 is 12.0 Å². The molecule has 1 heterocycles. The number of nitrogens with one attached hydrogen (secondary N) is 2. The van der Waals surface area contributed by atoms with Crippen LogP contribution in [0.15, 0.2) is 0 Å². The van der Waals surface area contributed by atoms with Crippen LogP contribution in [0, 0.1) is 5.92 Å². The SMILES string of the molecule is CCN(CC)CC(C)NC(=O)NC1COCC1C(=O)O. The molecule has 1 fully saturated rings. The van der Waals surface area contributed by atoms with Crippen LogP contribution in [0.5, 0.6) is 0 Å². The number of carboxylic acids is 1. The van der Waals surface area contributed by atoms with Crippen molar-refractivity contribution < 1.29 is 19.4 Å². The molecule has 7 nitrogen and oxygen atoms in total. The number of urea groups is 1.